The van der Waals surface area contributed by atoms with E-state index >= 15 is 0 Å². The summed E-state index contributed by atoms with van der Waals surface area (Å²) in [5.41, 5.74) is 1.60. The molecule has 1 nitrogen and oxygen atoms in total. The van der Waals surface area contributed by atoms with Crippen molar-refractivity contribution in [2.75, 3.05) is 0 Å². The molecule has 0 spiro atoms. The average molecular weight is 287 g/mol. The maximum absolute atomic E-state index is 3.69. The molecule has 0 amide bonds. The van der Waals surface area contributed by atoms with Crippen LogP contribution in [-0.2, 0) is 19.4 Å². The first-order chi connectivity index (χ1) is 9.59. The Labute approximate surface area is 127 Å². The minimum Gasteiger partial charge on any atom is -0.307 e. The molecule has 0 aliphatic carbocycles. The van der Waals surface area contributed by atoms with Gasteiger partial charge in [0, 0.05) is 21.8 Å². The first kappa shape index (κ1) is 15.3. The lowest BCUT2D eigenvalue weighted by Gasteiger charge is -2.26. The third-order valence-electron chi connectivity index (χ3n) is 3.69. The maximum Gasteiger partial charge on any atom is 0.0304 e. The largest absolute Gasteiger partial charge is 0.307 e. The van der Waals surface area contributed by atoms with Gasteiger partial charge in [0.05, 0.1) is 0 Å². The van der Waals surface area contributed by atoms with Crippen LogP contribution in [0.1, 0.15) is 42.5 Å². The van der Waals surface area contributed by atoms with E-state index in [2.05, 4.69) is 68.6 Å². The zero-order chi connectivity index (χ0) is 14.4. The van der Waals surface area contributed by atoms with Gasteiger partial charge >= 0.3 is 0 Å². The number of hydrogen-bond donors (Lipinski definition) is 1. The smallest absolute Gasteiger partial charge is 0.0304 e. The second-order valence-electron chi connectivity index (χ2n) is 5.94. The topological polar surface area (TPSA) is 12.0 Å². The molecule has 0 aliphatic heterocycles. The minimum absolute atomic E-state index is 0.173. The molecule has 2 heteroatoms. The molecule has 0 unspecified atom stereocenters. The summed E-state index contributed by atoms with van der Waals surface area (Å²) < 4.78 is 0. The molecule has 2 aromatic rings. The molecule has 2 rings (SSSR count). The fourth-order valence-corrected chi connectivity index (χ4v) is 3.12. The Kier molecular flexibility index (Phi) is 5.38. The molecule has 1 aromatic heterocycles. The zero-order valence-electron chi connectivity index (χ0n) is 12.8. The van der Waals surface area contributed by atoms with Gasteiger partial charge in [0.15, 0.2) is 0 Å². The van der Waals surface area contributed by atoms with Crippen molar-refractivity contribution in [1.82, 2.24) is 5.32 Å². The van der Waals surface area contributed by atoms with Crippen molar-refractivity contribution in [1.29, 1.82) is 0 Å². The van der Waals surface area contributed by atoms with E-state index in [0.29, 0.717) is 0 Å². The Morgan fingerprint density at radius 3 is 2.35 bits per heavy atom. The van der Waals surface area contributed by atoms with Crippen LogP contribution in [0.3, 0.4) is 0 Å². The zero-order valence-corrected chi connectivity index (χ0v) is 13.6. The molecule has 0 fully saturated rings. The van der Waals surface area contributed by atoms with Gasteiger partial charge in [-0.2, -0.15) is 0 Å². The number of rotatable bonds is 7. The molecular weight excluding hydrogens is 262 g/mol. The summed E-state index contributed by atoms with van der Waals surface area (Å²) in [5, 5.41) is 3.69. The van der Waals surface area contributed by atoms with Crippen LogP contribution >= 0.6 is 11.3 Å². The fraction of sp³-hybridized carbons (Fsp3) is 0.444. The summed E-state index contributed by atoms with van der Waals surface area (Å²) in [6, 6.07) is 15.2. The Morgan fingerprint density at radius 1 is 1.00 bits per heavy atom. The Balaban J connectivity index is 1.81. The first-order valence-electron chi connectivity index (χ1n) is 7.45. The SMILES string of the molecule is CCc1ccc(CNC(C)(C)CCc2ccccc2)s1. The Bertz CT molecular complexity index is 513. The van der Waals surface area contributed by atoms with Crippen molar-refractivity contribution in [3.05, 3.63) is 57.8 Å². The molecule has 0 saturated carbocycles. The third kappa shape index (κ3) is 4.77. The van der Waals surface area contributed by atoms with Crippen LogP contribution in [-0.4, -0.2) is 5.54 Å². The highest BCUT2D eigenvalue weighted by Gasteiger charge is 2.17. The lowest BCUT2D eigenvalue weighted by Crippen LogP contribution is -2.38. The summed E-state index contributed by atoms with van der Waals surface area (Å²) in [7, 11) is 0. The predicted molar refractivity (Wildman–Crippen MR) is 89.4 cm³/mol. The first-order valence-corrected chi connectivity index (χ1v) is 8.27. The van der Waals surface area contributed by atoms with E-state index in [1.807, 2.05) is 11.3 Å². The molecule has 20 heavy (non-hydrogen) atoms. The molecule has 0 bridgehead atoms. The van der Waals surface area contributed by atoms with Gasteiger partial charge < -0.3 is 5.32 Å². The molecule has 1 N–H and O–H groups in total. The van der Waals surface area contributed by atoms with Gasteiger partial charge in [-0.15, -0.1) is 11.3 Å². The van der Waals surface area contributed by atoms with Crippen molar-refractivity contribution < 1.29 is 0 Å². The Morgan fingerprint density at radius 2 is 1.70 bits per heavy atom. The van der Waals surface area contributed by atoms with E-state index in [1.165, 1.54) is 15.3 Å². The lowest BCUT2D eigenvalue weighted by atomic mass is 9.95. The standard InChI is InChI=1S/C18H25NS/c1-4-16-10-11-17(20-16)14-19-18(2,3)13-12-15-8-6-5-7-9-15/h5-11,19H,4,12-14H2,1-3H3. The highest BCUT2D eigenvalue weighted by Crippen LogP contribution is 2.19. The van der Waals surface area contributed by atoms with Gasteiger partial charge in [0.1, 0.15) is 0 Å². The second-order valence-corrected chi connectivity index (χ2v) is 7.20. The van der Waals surface area contributed by atoms with Crippen molar-refractivity contribution in [3.8, 4) is 0 Å². The van der Waals surface area contributed by atoms with Gasteiger partial charge in [0.2, 0.25) is 0 Å². The summed E-state index contributed by atoms with van der Waals surface area (Å²) in [6.07, 6.45) is 3.43. The minimum atomic E-state index is 0.173. The maximum atomic E-state index is 3.69. The summed E-state index contributed by atoms with van der Waals surface area (Å²) in [4.78, 5) is 2.92. The van der Waals surface area contributed by atoms with Crippen molar-refractivity contribution >= 4 is 11.3 Å². The van der Waals surface area contributed by atoms with Crippen molar-refractivity contribution in [2.24, 2.45) is 0 Å². The summed E-state index contributed by atoms with van der Waals surface area (Å²) >= 11 is 1.93. The molecule has 0 atom stereocenters. The van der Waals surface area contributed by atoms with Crippen LogP contribution in [0.5, 0.6) is 0 Å². The lowest BCUT2D eigenvalue weighted by molar-refractivity contribution is 0.362. The van der Waals surface area contributed by atoms with E-state index in [4.69, 9.17) is 0 Å². The van der Waals surface area contributed by atoms with Crippen LogP contribution < -0.4 is 5.32 Å². The number of aryl methyl sites for hydroxylation is 2. The molecular formula is C18H25NS. The number of hydrogen-bond acceptors (Lipinski definition) is 2. The Hall–Kier alpha value is -1.12. The van der Waals surface area contributed by atoms with Crippen LogP contribution in [0.4, 0.5) is 0 Å². The van der Waals surface area contributed by atoms with Crippen LogP contribution in [0.15, 0.2) is 42.5 Å². The van der Waals surface area contributed by atoms with Gasteiger partial charge in [-0.1, -0.05) is 37.3 Å². The van der Waals surface area contributed by atoms with E-state index in [0.717, 1.165) is 25.8 Å². The second kappa shape index (κ2) is 7.05. The molecule has 108 valence electrons. The molecule has 1 heterocycles. The van der Waals surface area contributed by atoms with E-state index in [1.54, 1.807) is 0 Å². The van der Waals surface area contributed by atoms with Gasteiger partial charge in [-0.3, -0.25) is 0 Å². The van der Waals surface area contributed by atoms with Crippen LogP contribution in [0, 0.1) is 0 Å². The molecule has 0 radical (unpaired) electrons. The monoisotopic (exact) mass is 287 g/mol. The van der Waals surface area contributed by atoms with E-state index in [9.17, 15) is 0 Å². The average Bonchev–Trinajstić information content (AvgIpc) is 2.93. The molecule has 1 aromatic carbocycles. The van der Waals surface area contributed by atoms with E-state index in [-0.39, 0.29) is 5.54 Å². The number of nitrogens with one attached hydrogen (secondary N) is 1. The number of benzene rings is 1. The van der Waals surface area contributed by atoms with Crippen LogP contribution in [0.25, 0.3) is 0 Å². The predicted octanol–water partition coefficient (Wildman–Crippen LogP) is 4.81. The normalized spacial score (nSPS) is 11.8. The van der Waals surface area contributed by atoms with Gasteiger partial charge in [0.25, 0.3) is 0 Å². The highest BCUT2D eigenvalue weighted by atomic mass is 32.1. The van der Waals surface area contributed by atoms with Gasteiger partial charge in [-0.25, -0.2) is 0 Å². The van der Waals surface area contributed by atoms with Gasteiger partial charge in [-0.05, 0) is 50.8 Å². The van der Waals surface area contributed by atoms with Crippen molar-refractivity contribution in [2.45, 2.75) is 52.1 Å². The summed E-state index contributed by atoms with van der Waals surface area (Å²) in [5.74, 6) is 0. The number of thiophene rings is 1. The quantitative estimate of drug-likeness (QED) is 0.770. The fourth-order valence-electron chi connectivity index (χ4n) is 2.22. The van der Waals surface area contributed by atoms with E-state index < -0.39 is 0 Å². The highest BCUT2D eigenvalue weighted by molar-refractivity contribution is 7.11. The molecule has 0 aliphatic rings. The van der Waals surface area contributed by atoms with Crippen LogP contribution in [0.2, 0.25) is 0 Å². The third-order valence-corrected chi connectivity index (χ3v) is 4.92. The molecule has 0 saturated heterocycles. The van der Waals surface area contributed by atoms with Crippen molar-refractivity contribution in [3.63, 3.8) is 0 Å². The summed E-state index contributed by atoms with van der Waals surface area (Å²) in [6.45, 7) is 7.79.